The number of hydrogen-bond donors (Lipinski definition) is 2. The van der Waals surface area contributed by atoms with Crippen molar-refractivity contribution >= 4 is 18.3 Å². The van der Waals surface area contributed by atoms with Gasteiger partial charge in [0.15, 0.2) is 0 Å². The lowest BCUT2D eigenvalue weighted by Crippen LogP contribution is -2.51. The molecule has 106 valence electrons. The van der Waals surface area contributed by atoms with Crippen molar-refractivity contribution < 1.29 is 4.79 Å². The lowest BCUT2D eigenvalue weighted by atomic mass is 9.82. The van der Waals surface area contributed by atoms with Gasteiger partial charge in [-0.25, -0.2) is 0 Å². The first kappa shape index (κ1) is 16.0. The highest BCUT2D eigenvalue weighted by molar-refractivity contribution is 5.94. The molecule has 3 N–H and O–H groups in total. The minimum absolute atomic E-state index is 0. The van der Waals surface area contributed by atoms with Gasteiger partial charge in [0.05, 0.1) is 0 Å². The molecular weight excluding hydrogens is 260 g/mol. The van der Waals surface area contributed by atoms with E-state index in [1.54, 1.807) is 0 Å². The van der Waals surface area contributed by atoms with Crippen molar-refractivity contribution in [2.24, 2.45) is 5.73 Å². The number of rotatable bonds is 3. The Kier molecular flexibility index (Phi) is 5.83. The third-order valence-corrected chi connectivity index (χ3v) is 3.73. The van der Waals surface area contributed by atoms with E-state index in [2.05, 4.69) is 5.32 Å². The molecule has 0 spiro atoms. The Labute approximate surface area is 121 Å². The van der Waals surface area contributed by atoms with E-state index in [0.29, 0.717) is 6.54 Å². The first-order valence-electron chi connectivity index (χ1n) is 6.73. The molecule has 19 heavy (non-hydrogen) atoms. The fraction of sp³-hybridized carbons (Fsp3) is 0.533. The highest BCUT2D eigenvalue weighted by Crippen LogP contribution is 2.25. The van der Waals surface area contributed by atoms with Crippen LogP contribution in [0.3, 0.4) is 0 Å². The van der Waals surface area contributed by atoms with Crippen LogP contribution in [0.1, 0.15) is 48.0 Å². The molecule has 1 saturated carbocycles. The topological polar surface area (TPSA) is 55.1 Å². The average Bonchev–Trinajstić information content (AvgIpc) is 2.37. The molecule has 0 radical (unpaired) electrons. The zero-order valence-electron chi connectivity index (χ0n) is 11.4. The van der Waals surface area contributed by atoms with Gasteiger partial charge in [-0.05, 0) is 31.9 Å². The van der Waals surface area contributed by atoms with Crippen LogP contribution in [0.5, 0.6) is 0 Å². The highest BCUT2D eigenvalue weighted by Gasteiger charge is 2.27. The summed E-state index contributed by atoms with van der Waals surface area (Å²) in [7, 11) is 0. The molecule has 0 aromatic heterocycles. The summed E-state index contributed by atoms with van der Waals surface area (Å²) in [5.74, 6) is -0.0194. The molecule has 2 rings (SSSR count). The number of halogens is 1. The Bertz CT molecular complexity index is 428. The summed E-state index contributed by atoms with van der Waals surface area (Å²) in [5, 5.41) is 2.97. The largest absolute Gasteiger partial charge is 0.350 e. The molecule has 1 aromatic rings. The minimum Gasteiger partial charge on any atom is -0.350 e. The summed E-state index contributed by atoms with van der Waals surface area (Å²) in [6.07, 6.45) is 5.65. The molecule has 0 saturated heterocycles. The number of benzene rings is 1. The highest BCUT2D eigenvalue weighted by atomic mass is 35.5. The van der Waals surface area contributed by atoms with Crippen LogP contribution in [0.25, 0.3) is 0 Å². The molecule has 1 aliphatic rings. The second-order valence-electron chi connectivity index (χ2n) is 5.48. The fourth-order valence-corrected chi connectivity index (χ4v) is 2.58. The molecular formula is C15H23ClN2O. The van der Waals surface area contributed by atoms with E-state index in [-0.39, 0.29) is 23.9 Å². The van der Waals surface area contributed by atoms with Crippen molar-refractivity contribution in [1.29, 1.82) is 0 Å². The van der Waals surface area contributed by atoms with Gasteiger partial charge in [0.2, 0.25) is 0 Å². The third-order valence-electron chi connectivity index (χ3n) is 3.73. The van der Waals surface area contributed by atoms with Crippen molar-refractivity contribution in [2.45, 2.75) is 44.6 Å². The SMILES string of the molecule is Cc1cccc(C(=O)NCC2(N)CCCCC2)c1.Cl. The van der Waals surface area contributed by atoms with E-state index in [0.717, 1.165) is 24.0 Å². The predicted molar refractivity (Wildman–Crippen MR) is 80.8 cm³/mol. The summed E-state index contributed by atoms with van der Waals surface area (Å²) in [4.78, 5) is 12.0. The van der Waals surface area contributed by atoms with Gasteiger partial charge >= 0.3 is 0 Å². The summed E-state index contributed by atoms with van der Waals surface area (Å²) in [5.41, 5.74) is 7.92. The normalized spacial score (nSPS) is 17.4. The number of aryl methyl sites for hydroxylation is 1. The van der Waals surface area contributed by atoms with Crippen LogP contribution in [0, 0.1) is 6.92 Å². The molecule has 1 aliphatic carbocycles. The van der Waals surface area contributed by atoms with Crippen molar-refractivity contribution in [3.05, 3.63) is 35.4 Å². The maximum absolute atomic E-state index is 12.0. The van der Waals surface area contributed by atoms with Crippen LogP contribution in [0.15, 0.2) is 24.3 Å². The van der Waals surface area contributed by atoms with Crippen LogP contribution >= 0.6 is 12.4 Å². The van der Waals surface area contributed by atoms with E-state index in [4.69, 9.17) is 5.73 Å². The van der Waals surface area contributed by atoms with Gasteiger partial charge < -0.3 is 11.1 Å². The molecule has 0 heterocycles. The Morgan fingerprint density at radius 3 is 2.63 bits per heavy atom. The van der Waals surface area contributed by atoms with Crippen LogP contribution in [0.4, 0.5) is 0 Å². The second kappa shape index (κ2) is 6.92. The average molecular weight is 283 g/mol. The van der Waals surface area contributed by atoms with Crippen molar-refractivity contribution in [2.75, 3.05) is 6.54 Å². The first-order chi connectivity index (χ1) is 8.59. The van der Waals surface area contributed by atoms with E-state index < -0.39 is 0 Å². The molecule has 1 amide bonds. The molecule has 1 fully saturated rings. The Morgan fingerprint density at radius 2 is 2.00 bits per heavy atom. The molecule has 3 nitrogen and oxygen atoms in total. The van der Waals surface area contributed by atoms with Gasteiger partial charge in [-0.3, -0.25) is 4.79 Å². The maximum Gasteiger partial charge on any atom is 0.251 e. The minimum atomic E-state index is -0.197. The summed E-state index contributed by atoms with van der Waals surface area (Å²) >= 11 is 0. The summed E-state index contributed by atoms with van der Waals surface area (Å²) in [6, 6.07) is 7.64. The zero-order chi connectivity index (χ0) is 13.0. The lowest BCUT2D eigenvalue weighted by Gasteiger charge is -2.33. The van der Waals surface area contributed by atoms with Gasteiger partial charge in [0, 0.05) is 17.6 Å². The molecule has 1 aromatic carbocycles. The number of nitrogens with two attached hydrogens (primary N) is 1. The van der Waals surface area contributed by atoms with Crippen molar-refractivity contribution in [3.63, 3.8) is 0 Å². The van der Waals surface area contributed by atoms with Crippen LogP contribution in [0.2, 0.25) is 0 Å². The number of nitrogens with one attached hydrogen (secondary N) is 1. The van der Waals surface area contributed by atoms with Gasteiger partial charge in [-0.1, -0.05) is 37.0 Å². The standard InChI is InChI=1S/C15H22N2O.ClH/c1-12-6-5-7-13(10-12)14(18)17-11-15(16)8-3-2-4-9-15;/h5-7,10H,2-4,8-9,11,16H2,1H3,(H,17,18);1H. The Morgan fingerprint density at radius 1 is 1.32 bits per heavy atom. The number of carbonyl (C=O) groups is 1. The molecule has 0 atom stereocenters. The maximum atomic E-state index is 12.0. The van der Waals surface area contributed by atoms with Crippen molar-refractivity contribution in [1.82, 2.24) is 5.32 Å². The van der Waals surface area contributed by atoms with E-state index in [1.165, 1.54) is 19.3 Å². The predicted octanol–water partition coefficient (Wildman–Crippen LogP) is 2.81. The molecule has 0 bridgehead atoms. The smallest absolute Gasteiger partial charge is 0.251 e. The summed E-state index contributed by atoms with van der Waals surface area (Å²) < 4.78 is 0. The third kappa shape index (κ3) is 4.51. The zero-order valence-corrected chi connectivity index (χ0v) is 12.3. The fourth-order valence-electron chi connectivity index (χ4n) is 2.58. The van der Waals surface area contributed by atoms with Crippen LogP contribution in [-0.2, 0) is 0 Å². The second-order valence-corrected chi connectivity index (χ2v) is 5.48. The number of carbonyl (C=O) groups excluding carboxylic acids is 1. The van der Waals surface area contributed by atoms with Crippen LogP contribution < -0.4 is 11.1 Å². The van der Waals surface area contributed by atoms with Gasteiger partial charge in [0.25, 0.3) is 5.91 Å². The van der Waals surface area contributed by atoms with Crippen LogP contribution in [-0.4, -0.2) is 18.0 Å². The van der Waals surface area contributed by atoms with Gasteiger partial charge in [-0.2, -0.15) is 0 Å². The van der Waals surface area contributed by atoms with Crippen molar-refractivity contribution in [3.8, 4) is 0 Å². The lowest BCUT2D eigenvalue weighted by molar-refractivity contribution is 0.0937. The quantitative estimate of drug-likeness (QED) is 0.896. The van der Waals surface area contributed by atoms with Gasteiger partial charge in [0.1, 0.15) is 0 Å². The monoisotopic (exact) mass is 282 g/mol. The molecule has 0 unspecified atom stereocenters. The first-order valence-corrected chi connectivity index (χ1v) is 6.73. The van der Waals surface area contributed by atoms with E-state index in [1.807, 2.05) is 31.2 Å². The number of amides is 1. The molecule has 4 heteroatoms. The number of hydrogen-bond acceptors (Lipinski definition) is 2. The van der Waals surface area contributed by atoms with E-state index >= 15 is 0 Å². The summed E-state index contributed by atoms with van der Waals surface area (Å²) in [6.45, 7) is 2.57. The Balaban J connectivity index is 0.00000180. The van der Waals surface area contributed by atoms with E-state index in [9.17, 15) is 4.79 Å². The molecule has 0 aliphatic heterocycles. The Hall–Kier alpha value is -1.06. The van der Waals surface area contributed by atoms with Gasteiger partial charge in [-0.15, -0.1) is 12.4 Å².